The maximum atomic E-state index is 12.7. The van der Waals surface area contributed by atoms with Crippen LogP contribution in [-0.2, 0) is 6.54 Å². The number of aromatic nitrogens is 3. The average molecular weight is 346 g/mol. The van der Waals surface area contributed by atoms with Gasteiger partial charge in [0.1, 0.15) is 5.69 Å². The van der Waals surface area contributed by atoms with E-state index in [1.165, 1.54) is 0 Å². The fourth-order valence-corrected chi connectivity index (χ4v) is 3.10. The second-order valence-corrected chi connectivity index (χ2v) is 6.20. The molecule has 0 saturated heterocycles. The van der Waals surface area contributed by atoms with Gasteiger partial charge < -0.3 is 15.4 Å². The molecule has 1 atom stereocenters. The van der Waals surface area contributed by atoms with Crippen molar-refractivity contribution in [3.63, 3.8) is 0 Å². The third-order valence-electron chi connectivity index (χ3n) is 4.36. The number of nitrogens with zero attached hydrogens (tertiary/aromatic N) is 2. The molecule has 130 valence electrons. The molecule has 1 amide bonds. The van der Waals surface area contributed by atoms with E-state index >= 15 is 0 Å². The number of hydrogen-bond donors (Lipinski definition) is 3. The van der Waals surface area contributed by atoms with Crippen molar-refractivity contribution in [2.45, 2.75) is 19.6 Å². The molecule has 6 heteroatoms. The molecule has 0 bridgehead atoms. The monoisotopic (exact) mass is 346 g/mol. The zero-order valence-corrected chi connectivity index (χ0v) is 14.2. The molecule has 0 spiro atoms. The molecule has 4 rings (SSSR count). The number of carbonyl (C=O) groups is 1. The highest BCUT2D eigenvalue weighted by Crippen LogP contribution is 2.31. The Morgan fingerprint density at radius 2 is 1.85 bits per heavy atom. The van der Waals surface area contributed by atoms with Crippen molar-refractivity contribution < 1.29 is 9.90 Å². The predicted molar refractivity (Wildman–Crippen MR) is 99.6 cm³/mol. The minimum absolute atomic E-state index is 0.219. The van der Waals surface area contributed by atoms with E-state index in [0.717, 1.165) is 21.9 Å². The maximum absolute atomic E-state index is 12.7. The minimum atomic E-state index is -0.786. The summed E-state index contributed by atoms with van der Waals surface area (Å²) < 4.78 is 0. The summed E-state index contributed by atoms with van der Waals surface area (Å²) in [5, 5.41) is 22.8. The van der Waals surface area contributed by atoms with Gasteiger partial charge in [-0.25, -0.2) is 0 Å². The second kappa shape index (κ2) is 6.57. The van der Waals surface area contributed by atoms with E-state index in [1.54, 1.807) is 6.92 Å². The van der Waals surface area contributed by atoms with E-state index in [2.05, 4.69) is 20.5 Å². The zero-order valence-electron chi connectivity index (χ0n) is 14.2. The molecule has 2 aromatic carbocycles. The van der Waals surface area contributed by atoms with Crippen molar-refractivity contribution >= 4 is 27.7 Å². The quantitative estimate of drug-likeness (QED) is 0.529. The van der Waals surface area contributed by atoms with Crippen molar-refractivity contribution in [1.82, 2.24) is 20.5 Å². The minimum Gasteiger partial charge on any atom is -0.387 e. The number of aliphatic hydroxyl groups is 1. The number of hydrogen-bond acceptors (Lipinski definition) is 4. The number of carbonyl (C=O) groups excluding carboxylic acids is 1. The smallest absolute Gasteiger partial charge is 0.274 e. The van der Waals surface area contributed by atoms with Gasteiger partial charge in [-0.1, -0.05) is 48.5 Å². The van der Waals surface area contributed by atoms with E-state index in [1.807, 2.05) is 54.6 Å². The number of amides is 1. The maximum Gasteiger partial charge on any atom is 0.274 e. The molecular formula is C20H18N4O2. The Bertz CT molecular complexity index is 1090. The summed E-state index contributed by atoms with van der Waals surface area (Å²) >= 11 is 0. The van der Waals surface area contributed by atoms with Crippen molar-refractivity contribution in [2.24, 2.45) is 0 Å². The number of H-pyrrole nitrogens is 1. The molecule has 4 aromatic rings. The molecule has 0 radical (unpaired) electrons. The van der Waals surface area contributed by atoms with Crippen LogP contribution in [0.1, 0.15) is 34.8 Å². The Hall–Kier alpha value is -3.25. The number of rotatable bonds is 4. The van der Waals surface area contributed by atoms with Gasteiger partial charge in [0.25, 0.3) is 5.91 Å². The van der Waals surface area contributed by atoms with E-state index in [4.69, 9.17) is 0 Å². The van der Waals surface area contributed by atoms with Gasteiger partial charge in [-0.15, -0.1) is 5.10 Å². The summed E-state index contributed by atoms with van der Waals surface area (Å²) in [6.45, 7) is 2.04. The van der Waals surface area contributed by atoms with Gasteiger partial charge in [0.15, 0.2) is 5.69 Å². The fourth-order valence-electron chi connectivity index (χ4n) is 3.10. The van der Waals surface area contributed by atoms with Gasteiger partial charge in [0, 0.05) is 22.8 Å². The first-order chi connectivity index (χ1) is 12.6. The molecule has 2 aromatic heterocycles. The number of fused-ring (bicyclic) bond motifs is 3. The van der Waals surface area contributed by atoms with Crippen LogP contribution >= 0.6 is 0 Å². The zero-order chi connectivity index (χ0) is 18.1. The molecule has 3 N–H and O–H groups in total. The Kier molecular flexibility index (Phi) is 4.10. The average Bonchev–Trinajstić information content (AvgIpc) is 3.05. The van der Waals surface area contributed by atoms with Crippen molar-refractivity contribution in [3.8, 4) is 0 Å². The molecule has 2 heterocycles. The topological polar surface area (TPSA) is 90.9 Å². The highest BCUT2D eigenvalue weighted by Gasteiger charge is 2.21. The lowest BCUT2D eigenvalue weighted by atomic mass is 10.1. The van der Waals surface area contributed by atoms with Crippen molar-refractivity contribution in [2.75, 3.05) is 0 Å². The van der Waals surface area contributed by atoms with Gasteiger partial charge in [0.2, 0.25) is 0 Å². The molecule has 0 saturated carbocycles. The summed E-state index contributed by atoms with van der Waals surface area (Å²) in [6, 6.07) is 17.4. The molecule has 6 nitrogen and oxygen atoms in total. The highest BCUT2D eigenvalue weighted by atomic mass is 16.3. The molecule has 1 unspecified atom stereocenters. The van der Waals surface area contributed by atoms with E-state index in [9.17, 15) is 9.90 Å². The van der Waals surface area contributed by atoms with Crippen LogP contribution < -0.4 is 5.32 Å². The van der Waals surface area contributed by atoms with Crippen molar-refractivity contribution in [1.29, 1.82) is 0 Å². The Morgan fingerprint density at radius 3 is 2.62 bits per heavy atom. The standard InChI is InChI=1S/C20H18N4O2/c1-12(25)17-16-14-9-5-6-10-15(14)22-18(16)19(24-23-17)20(26)21-11-13-7-3-2-4-8-13/h2-10,12,22,25H,11H2,1H3,(H,21,26). The summed E-state index contributed by atoms with van der Waals surface area (Å²) in [5.74, 6) is -0.310. The first kappa shape index (κ1) is 16.2. The predicted octanol–water partition coefficient (Wildman–Crippen LogP) is 3.09. The third-order valence-corrected chi connectivity index (χ3v) is 4.36. The number of benzene rings is 2. The lowest BCUT2D eigenvalue weighted by Gasteiger charge is -2.09. The first-order valence-electron chi connectivity index (χ1n) is 8.42. The van der Waals surface area contributed by atoms with Crippen LogP contribution in [0.5, 0.6) is 0 Å². The highest BCUT2D eigenvalue weighted by molar-refractivity contribution is 6.14. The van der Waals surface area contributed by atoms with E-state index in [-0.39, 0.29) is 11.6 Å². The van der Waals surface area contributed by atoms with Crippen LogP contribution in [0.15, 0.2) is 54.6 Å². The summed E-state index contributed by atoms with van der Waals surface area (Å²) in [5.41, 5.74) is 3.13. The van der Waals surface area contributed by atoms with Crippen LogP contribution in [-0.4, -0.2) is 26.2 Å². The Morgan fingerprint density at radius 1 is 1.12 bits per heavy atom. The fraction of sp³-hybridized carbons (Fsp3) is 0.150. The summed E-state index contributed by atoms with van der Waals surface area (Å²) in [4.78, 5) is 15.9. The van der Waals surface area contributed by atoms with Crippen LogP contribution in [0, 0.1) is 0 Å². The summed E-state index contributed by atoms with van der Waals surface area (Å²) in [6.07, 6.45) is -0.786. The summed E-state index contributed by atoms with van der Waals surface area (Å²) in [7, 11) is 0. The molecule has 0 fully saturated rings. The van der Waals surface area contributed by atoms with Gasteiger partial charge in [-0.2, -0.15) is 5.10 Å². The Balaban J connectivity index is 1.78. The van der Waals surface area contributed by atoms with Gasteiger partial charge in [-0.05, 0) is 18.6 Å². The third kappa shape index (κ3) is 2.80. The largest absolute Gasteiger partial charge is 0.387 e. The lowest BCUT2D eigenvalue weighted by molar-refractivity contribution is 0.0946. The molecule has 0 aliphatic rings. The van der Waals surface area contributed by atoms with Gasteiger partial charge >= 0.3 is 0 Å². The number of aromatic amines is 1. The van der Waals surface area contributed by atoms with Crippen molar-refractivity contribution in [3.05, 3.63) is 71.5 Å². The van der Waals surface area contributed by atoms with E-state index < -0.39 is 6.10 Å². The lowest BCUT2D eigenvalue weighted by Crippen LogP contribution is -2.25. The second-order valence-electron chi connectivity index (χ2n) is 6.20. The number of nitrogens with one attached hydrogen (secondary N) is 2. The van der Waals surface area contributed by atoms with Gasteiger partial charge in [-0.3, -0.25) is 4.79 Å². The van der Waals surface area contributed by atoms with Crippen LogP contribution in [0.3, 0.4) is 0 Å². The van der Waals surface area contributed by atoms with E-state index in [0.29, 0.717) is 17.8 Å². The number of aliphatic hydroxyl groups excluding tert-OH is 1. The normalized spacial score (nSPS) is 12.4. The Labute approximate surface area is 149 Å². The molecule has 0 aliphatic carbocycles. The first-order valence-corrected chi connectivity index (χ1v) is 8.42. The molecule has 26 heavy (non-hydrogen) atoms. The molecule has 0 aliphatic heterocycles. The van der Waals surface area contributed by atoms with Gasteiger partial charge in [0.05, 0.1) is 11.6 Å². The number of para-hydroxylation sites is 1. The SMILES string of the molecule is CC(O)c1nnc(C(=O)NCc2ccccc2)c2[nH]c3ccccc3c12. The van der Waals surface area contributed by atoms with Crippen LogP contribution in [0.4, 0.5) is 0 Å². The van der Waals surface area contributed by atoms with Crippen LogP contribution in [0.25, 0.3) is 21.8 Å². The molecular weight excluding hydrogens is 328 g/mol. The van der Waals surface area contributed by atoms with Crippen LogP contribution in [0.2, 0.25) is 0 Å².